The Balaban J connectivity index is 1.48. The molecule has 0 unspecified atom stereocenters. The lowest BCUT2D eigenvalue weighted by Crippen LogP contribution is -2.35. The Morgan fingerprint density at radius 2 is 2.00 bits per heavy atom. The Labute approximate surface area is 186 Å². The van der Waals surface area contributed by atoms with Crippen LogP contribution < -0.4 is 4.74 Å². The molecule has 7 nitrogen and oxygen atoms in total. The molecule has 4 rings (SSSR count). The van der Waals surface area contributed by atoms with E-state index in [1.165, 1.54) is 5.56 Å². The van der Waals surface area contributed by atoms with Gasteiger partial charge in [-0.05, 0) is 34.1 Å². The van der Waals surface area contributed by atoms with Gasteiger partial charge in [-0.25, -0.2) is 4.79 Å². The lowest BCUT2D eigenvalue weighted by atomic mass is 10.1. The minimum Gasteiger partial charge on any atom is -0.489 e. The predicted molar refractivity (Wildman–Crippen MR) is 120 cm³/mol. The Morgan fingerprint density at radius 3 is 2.71 bits per heavy atom. The van der Waals surface area contributed by atoms with Gasteiger partial charge in [-0.3, -0.25) is 4.40 Å². The number of aromatic nitrogens is 3. The molecule has 1 aliphatic rings. The van der Waals surface area contributed by atoms with Crippen LogP contribution in [0.3, 0.4) is 0 Å². The zero-order chi connectivity index (χ0) is 22.2. The van der Waals surface area contributed by atoms with Crippen molar-refractivity contribution in [3.63, 3.8) is 0 Å². The van der Waals surface area contributed by atoms with Gasteiger partial charge in [-0.15, -0.1) is 10.2 Å². The molecule has 0 bridgehead atoms. The number of carbonyl (C=O) groups is 1. The highest BCUT2D eigenvalue weighted by Crippen LogP contribution is 2.34. The van der Waals surface area contributed by atoms with Crippen LogP contribution in [0.1, 0.15) is 32.8 Å². The summed E-state index contributed by atoms with van der Waals surface area (Å²) in [6.07, 6.45) is 2.22. The van der Waals surface area contributed by atoms with Gasteiger partial charge in [0.1, 0.15) is 11.9 Å². The fraction of sp³-hybridized carbons (Fsp3) is 0.435. The number of benzene rings is 1. The monoisotopic (exact) mass is 442 g/mol. The molecule has 0 radical (unpaired) electrons. The number of hydrogen-bond donors (Lipinski definition) is 0. The van der Waals surface area contributed by atoms with Crippen LogP contribution in [0, 0.1) is 12.8 Å². The van der Waals surface area contributed by atoms with Gasteiger partial charge in [0.15, 0.2) is 5.75 Å². The van der Waals surface area contributed by atoms with Crippen LogP contribution in [0.15, 0.2) is 36.7 Å². The molecule has 1 fully saturated rings. The third kappa shape index (κ3) is 4.77. The molecule has 1 aromatic carbocycles. The van der Waals surface area contributed by atoms with Gasteiger partial charge in [-0.1, -0.05) is 41.4 Å². The summed E-state index contributed by atoms with van der Waals surface area (Å²) in [6, 6.07) is 9.94. The third-order valence-corrected chi connectivity index (χ3v) is 5.52. The highest BCUT2D eigenvalue weighted by molar-refractivity contribution is 6.33. The maximum Gasteiger partial charge on any atom is 0.410 e. The van der Waals surface area contributed by atoms with Crippen LogP contribution >= 0.6 is 11.6 Å². The molecule has 1 amide bonds. The summed E-state index contributed by atoms with van der Waals surface area (Å²) in [5, 5.41) is 8.86. The summed E-state index contributed by atoms with van der Waals surface area (Å²) in [5.74, 6) is 0.792. The number of carbonyl (C=O) groups excluding carboxylic acids is 1. The number of amides is 1. The fourth-order valence-corrected chi connectivity index (χ4v) is 3.99. The van der Waals surface area contributed by atoms with Crippen molar-refractivity contribution in [2.24, 2.45) is 5.92 Å². The molecule has 0 saturated carbocycles. The van der Waals surface area contributed by atoms with E-state index in [0.717, 1.165) is 17.7 Å². The average molecular weight is 443 g/mol. The van der Waals surface area contributed by atoms with Crippen molar-refractivity contribution in [2.45, 2.75) is 39.7 Å². The number of ether oxygens (including phenoxy) is 2. The van der Waals surface area contributed by atoms with Crippen LogP contribution in [0.2, 0.25) is 5.02 Å². The average Bonchev–Trinajstić information content (AvgIpc) is 3.36. The molecule has 3 aromatic rings. The second-order valence-electron chi connectivity index (χ2n) is 8.99. The van der Waals surface area contributed by atoms with Crippen molar-refractivity contribution in [1.29, 1.82) is 0 Å². The van der Waals surface area contributed by atoms with Gasteiger partial charge in [0.05, 0.1) is 17.3 Å². The predicted octanol–water partition coefficient (Wildman–Crippen LogP) is 4.99. The number of hydrogen-bond acceptors (Lipinski definition) is 5. The molecule has 8 heteroatoms. The van der Waals surface area contributed by atoms with E-state index in [1.807, 2.05) is 56.4 Å². The van der Waals surface area contributed by atoms with Gasteiger partial charge in [0.2, 0.25) is 5.65 Å². The summed E-state index contributed by atoms with van der Waals surface area (Å²) in [6.45, 7) is 9.38. The van der Waals surface area contributed by atoms with Gasteiger partial charge < -0.3 is 14.4 Å². The van der Waals surface area contributed by atoms with Crippen molar-refractivity contribution < 1.29 is 14.3 Å². The van der Waals surface area contributed by atoms with Crippen LogP contribution in [-0.2, 0) is 4.74 Å². The lowest BCUT2D eigenvalue weighted by molar-refractivity contribution is 0.0285. The fourth-order valence-electron chi connectivity index (χ4n) is 3.69. The smallest absolute Gasteiger partial charge is 0.410 e. The summed E-state index contributed by atoms with van der Waals surface area (Å²) in [4.78, 5) is 14.0. The van der Waals surface area contributed by atoms with E-state index in [4.69, 9.17) is 21.1 Å². The molecule has 31 heavy (non-hydrogen) atoms. The molecular weight excluding hydrogens is 416 g/mol. The van der Waals surface area contributed by atoms with E-state index in [-0.39, 0.29) is 12.0 Å². The third-order valence-electron chi connectivity index (χ3n) is 5.23. The number of aryl methyl sites for hydroxylation is 1. The summed E-state index contributed by atoms with van der Waals surface area (Å²) in [5.41, 5.74) is 3.10. The number of fused-ring (bicyclic) bond motifs is 1. The lowest BCUT2D eigenvalue weighted by Gasteiger charge is -2.24. The molecule has 0 aliphatic carbocycles. The molecule has 1 saturated heterocycles. The number of likely N-dealkylation sites (tertiary alicyclic amines) is 1. The van der Waals surface area contributed by atoms with Crippen LogP contribution in [0.25, 0.3) is 16.9 Å². The SMILES string of the molecule is Cc1ccc(-c2c(Cl)cc(OC[C@@H]3CCN(C(=O)OC(C)(C)C)C3)c3nncn23)cc1. The van der Waals surface area contributed by atoms with E-state index in [0.29, 0.717) is 36.1 Å². The van der Waals surface area contributed by atoms with Crippen molar-refractivity contribution >= 4 is 23.3 Å². The first-order chi connectivity index (χ1) is 14.7. The normalized spacial score (nSPS) is 16.7. The van der Waals surface area contributed by atoms with Crippen molar-refractivity contribution in [1.82, 2.24) is 19.5 Å². The first-order valence-electron chi connectivity index (χ1n) is 10.4. The first-order valence-corrected chi connectivity index (χ1v) is 10.8. The maximum atomic E-state index is 12.3. The Hall–Kier alpha value is -2.80. The van der Waals surface area contributed by atoms with E-state index in [2.05, 4.69) is 10.2 Å². The second kappa shape index (κ2) is 8.38. The Kier molecular flexibility index (Phi) is 5.79. The van der Waals surface area contributed by atoms with E-state index in [1.54, 1.807) is 17.3 Å². The van der Waals surface area contributed by atoms with Crippen LogP contribution in [0.5, 0.6) is 5.75 Å². The molecule has 2 aromatic heterocycles. The van der Waals surface area contributed by atoms with E-state index < -0.39 is 5.60 Å². The molecule has 0 spiro atoms. The maximum absolute atomic E-state index is 12.3. The molecule has 164 valence electrons. The van der Waals surface area contributed by atoms with E-state index >= 15 is 0 Å². The zero-order valence-electron chi connectivity index (χ0n) is 18.3. The molecular formula is C23H27ClN4O3. The Morgan fingerprint density at radius 1 is 1.26 bits per heavy atom. The second-order valence-corrected chi connectivity index (χ2v) is 9.39. The number of pyridine rings is 1. The van der Waals surface area contributed by atoms with Crippen molar-refractivity contribution in [2.75, 3.05) is 19.7 Å². The summed E-state index contributed by atoms with van der Waals surface area (Å²) >= 11 is 6.64. The number of nitrogens with zero attached hydrogens (tertiary/aromatic N) is 4. The van der Waals surface area contributed by atoms with Crippen LogP contribution in [0.4, 0.5) is 4.79 Å². The quantitative estimate of drug-likeness (QED) is 0.569. The minimum atomic E-state index is -0.499. The van der Waals surface area contributed by atoms with Gasteiger partial charge in [0.25, 0.3) is 0 Å². The molecule has 1 atom stereocenters. The largest absolute Gasteiger partial charge is 0.489 e. The summed E-state index contributed by atoms with van der Waals surface area (Å²) in [7, 11) is 0. The number of halogens is 1. The number of rotatable bonds is 4. The Bertz CT molecular complexity index is 1090. The zero-order valence-corrected chi connectivity index (χ0v) is 19.0. The molecule has 3 heterocycles. The van der Waals surface area contributed by atoms with Crippen LogP contribution in [-0.4, -0.2) is 50.9 Å². The topological polar surface area (TPSA) is 69.0 Å². The molecule has 1 aliphatic heterocycles. The highest BCUT2D eigenvalue weighted by Gasteiger charge is 2.30. The van der Waals surface area contributed by atoms with Gasteiger partial charge in [-0.2, -0.15) is 0 Å². The van der Waals surface area contributed by atoms with Gasteiger partial charge in [0, 0.05) is 30.6 Å². The standard InChI is InChI=1S/C23H27ClN4O3/c1-15-5-7-17(8-6-15)20-18(24)11-19(21-26-25-14-28(20)21)30-13-16-9-10-27(12-16)22(29)31-23(2,3)4/h5-8,11,14,16H,9-10,12-13H2,1-4H3/t16-/m1/s1. The molecule has 0 N–H and O–H groups in total. The summed E-state index contributed by atoms with van der Waals surface area (Å²) < 4.78 is 13.4. The van der Waals surface area contributed by atoms with Crippen molar-refractivity contribution in [3.8, 4) is 17.0 Å². The highest BCUT2D eigenvalue weighted by atomic mass is 35.5. The minimum absolute atomic E-state index is 0.214. The van der Waals surface area contributed by atoms with E-state index in [9.17, 15) is 4.79 Å². The van der Waals surface area contributed by atoms with Crippen molar-refractivity contribution in [3.05, 3.63) is 47.2 Å². The van der Waals surface area contributed by atoms with Gasteiger partial charge >= 0.3 is 6.09 Å². The first kappa shape index (κ1) is 21.4.